The molecule has 2 aromatic rings. The molecule has 20 heavy (non-hydrogen) atoms. The summed E-state index contributed by atoms with van der Waals surface area (Å²) < 4.78 is 0. The van der Waals surface area contributed by atoms with Crippen molar-refractivity contribution in [1.29, 1.82) is 5.26 Å². The van der Waals surface area contributed by atoms with E-state index in [2.05, 4.69) is 34.9 Å². The molecule has 100 valence electrons. The molecule has 0 aliphatic heterocycles. The molecule has 0 heterocycles. The summed E-state index contributed by atoms with van der Waals surface area (Å²) in [4.78, 5) is 0. The molecule has 0 atom stereocenters. The lowest BCUT2D eigenvalue weighted by Gasteiger charge is -2.13. The summed E-state index contributed by atoms with van der Waals surface area (Å²) >= 11 is 5.30. The third-order valence-electron chi connectivity index (χ3n) is 2.89. The van der Waals surface area contributed by atoms with Gasteiger partial charge in [-0.3, -0.25) is 0 Å². The van der Waals surface area contributed by atoms with Crippen LogP contribution in [0.5, 0.6) is 0 Å². The third kappa shape index (κ3) is 3.56. The standard InChI is InChI=1S/C16H15N3S/c1-11-6-7-12(2)15(8-11)19-16(20)18-14-5-3-4-13(9-14)10-17/h3-9H,1-2H3,(H2,18,19,20). The van der Waals surface area contributed by atoms with E-state index in [1.165, 1.54) is 5.56 Å². The zero-order chi connectivity index (χ0) is 14.5. The second-order valence-corrected chi connectivity index (χ2v) is 5.00. The minimum Gasteiger partial charge on any atom is -0.332 e. The molecule has 4 heteroatoms. The fourth-order valence-corrected chi connectivity index (χ4v) is 2.05. The number of aryl methyl sites for hydroxylation is 2. The van der Waals surface area contributed by atoms with Crippen LogP contribution in [0.3, 0.4) is 0 Å². The topological polar surface area (TPSA) is 47.8 Å². The molecule has 0 aromatic heterocycles. The zero-order valence-electron chi connectivity index (χ0n) is 11.4. The van der Waals surface area contributed by atoms with Gasteiger partial charge in [-0.2, -0.15) is 5.26 Å². The Kier molecular flexibility index (Phi) is 4.34. The molecule has 0 amide bonds. The summed E-state index contributed by atoms with van der Waals surface area (Å²) in [7, 11) is 0. The van der Waals surface area contributed by atoms with Gasteiger partial charge in [0.2, 0.25) is 0 Å². The number of nitrogens with zero attached hydrogens (tertiary/aromatic N) is 1. The summed E-state index contributed by atoms with van der Waals surface area (Å²) in [6.45, 7) is 4.07. The molecule has 2 aromatic carbocycles. The first-order valence-electron chi connectivity index (χ1n) is 6.24. The molecule has 0 spiro atoms. The number of benzene rings is 2. The first-order chi connectivity index (χ1) is 9.58. The largest absolute Gasteiger partial charge is 0.332 e. The lowest BCUT2D eigenvalue weighted by Crippen LogP contribution is -2.19. The Morgan fingerprint density at radius 3 is 2.65 bits per heavy atom. The maximum atomic E-state index is 8.87. The van der Waals surface area contributed by atoms with Crippen molar-refractivity contribution in [2.75, 3.05) is 10.6 Å². The molecular weight excluding hydrogens is 266 g/mol. The van der Waals surface area contributed by atoms with Crippen LogP contribution >= 0.6 is 12.2 Å². The Morgan fingerprint density at radius 2 is 1.90 bits per heavy atom. The molecule has 3 nitrogen and oxygen atoms in total. The maximum Gasteiger partial charge on any atom is 0.175 e. The first-order valence-corrected chi connectivity index (χ1v) is 6.65. The van der Waals surface area contributed by atoms with Gasteiger partial charge in [-0.1, -0.05) is 18.2 Å². The molecule has 2 rings (SSSR count). The van der Waals surface area contributed by atoms with Gasteiger partial charge in [0.15, 0.2) is 5.11 Å². The van der Waals surface area contributed by atoms with Crippen LogP contribution in [0.4, 0.5) is 11.4 Å². The summed E-state index contributed by atoms with van der Waals surface area (Å²) in [5, 5.41) is 15.6. The van der Waals surface area contributed by atoms with Crippen molar-refractivity contribution in [2.45, 2.75) is 13.8 Å². The fourth-order valence-electron chi connectivity index (χ4n) is 1.82. The molecule has 0 bridgehead atoms. The quantitative estimate of drug-likeness (QED) is 0.817. The van der Waals surface area contributed by atoms with Gasteiger partial charge in [0, 0.05) is 11.4 Å². The van der Waals surface area contributed by atoms with Gasteiger partial charge in [-0.15, -0.1) is 0 Å². The summed E-state index contributed by atoms with van der Waals surface area (Å²) in [5.74, 6) is 0. The van der Waals surface area contributed by atoms with Gasteiger partial charge < -0.3 is 10.6 Å². The Hall–Kier alpha value is -2.38. The number of hydrogen-bond donors (Lipinski definition) is 2. The van der Waals surface area contributed by atoms with Crippen molar-refractivity contribution in [3.63, 3.8) is 0 Å². The van der Waals surface area contributed by atoms with Crippen LogP contribution in [-0.4, -0.2) is 5.11 Å². The van der Waals surface area contributed by atoms with E-state index in [0.717, 1.165) is 16.9 Å². The molecule has 0 fully saturated rings. The highest BCUT2D eigenvalue weighted by Crippen LogP contribution is 2.17. The summed E-state index contributed by atoms with van der Waals surface area (Å²) in [5.41, 5.74) is 4.69. The van der Waals surface area contributed by atoms with Gasteiger partial charge in [-0.25, -0.2) is 0 Å². The number of nitriles is 1. The molecule has 0 saturated heterocycles. The third-order valence-corrected chi connectivity index (χ3v) is 3.09. The van der Waals surface area contributed by atoms with Gasteiger partial charge in [0.1, 0.15) is 0 Å². The van der Waals surface area contributed by atoms with Crippen molar-refractivity contribution in [3.8, 4) is 6.07 Å². The van der Waals surface area contributed by atoms with E-state index in [-0.39, 0.29) is 0 Å². The van der Waals surface area contributed by atoms with Crippen molar-refractivity contribution < 1.29 is 0 Å². The molecule has 0 unspecified atom stereocenters. The molecule has 0 aliphatic rings. The molecule has 0 saturated carbocycles. The number of rotatable bonds is 2. The Bertz CT molecular complexity index is 686. The molecular formula is C16H15N3S. The van der Waals surface area contributed by atoms with Gasteiger partial charge in [0.05, 0.1) is 11.6 Å². The van der Waals surface area contributed by atoms with Crippen molar-refractivity contribution >= 4 is 28.7 Å². The van der Waals surface area contributed by atoms with Crippen LogP contribution in [-0.2, 0) is 0 Å². The molecule has 0 aliphatic carbocycles. The molecule has 2 N–H and O–H groups in total. The lowest BCUT2D eigenvalue weighted by atomic mass is 10.1. The van der Waals surface area contributed by atoms with Crippen LogP contribution < -0.4 is 10.6 Å². The van der Waals surface area contributed by atoms with Gasteiger partial charge in [0.25, 0.3) is 0 Å². The van der Waals surface area contributed by atoms with Gasteiger partial charge >= 0.3 is 0 Å². The number of hydrogen-bond acceptors (Lipinski definition) is 2. The second-order valence-electron chi connectivity index (χ2n) is 4.59. The van der Waals surface area contributed by atoms with E-state index < -0.39 is 0 Å². The normalized spacial score (nSPS) is 9.65. The monoisotopic (exact) mass is 281 g/mol. The summed E-state index contributed by atoms with van der Waals surface area (Å²) in [6.07, 6.45) is 0. The highest BCUT2D eigenvalue weighted by molar-refractivity contribution is 7.80. The molecule has 0 radical (unpaired) electrons. The lowest BCUT2D eigenvalue weighted by molar-refractivity contribution is 1.39. The number of anilines is 2. The Morgan fingerprint density at radius 1 is 1.10 bits per heavy atom. The van der Waals surface area contributed by atoms with Crippen molar-refractivity contribution in [2.24, 2.45) is 0 Å². The highest BCUT2D eigenvalue weighted by Gasteiger charge is 2.03. The van der Waals surface area contributed by atoms with Crippen LogP contribution in [0.25, 0.3) is 0 Å². The summed E-state index contributed by atoms with van der Waals surface area (Å²) in [6, 6.07) is 15.5. The van der Waals surface area contributed by atoms with Crippen LogP contribution in [0, 0.1) is 25.2 Å². The van der Waals surface area contributed by atoms with Gasteiger partial charge in [-0.05, 0) is 61.5 Å². The minimum absolute atomic E-state index is 0.508. The number of thiocarbonyl (C=S) groups is 1. The van der Waals surface area contributed by atoms with E-state index in [1.54, 1.807) is 12.1 Å². The van der Waals surface area contributed by atoms with Crippen molar-refractivity contribution in [1.82, 2.24) is 0 Å². The fraction of sp³-hybridized carbons (Fsp3) is 0.125. The predicted octanol–water partition coefficient (Wildman–Crippen LogP) is 3.98. The number of nitrogens with one attached hydrogen (secondary N) is 2. The van der Waals surface area contributed by atoms with E-state index in [9.17, 15) is 0 Å². The Balaban J connectivity index is 2.09. The smallest absolute Gasteiger partial charge is 0.175 e. The minimum atomic E-state index is 0.508. The van der Waals surface area contributed by atoms with Crippen molar-refractivity contribution in [3.05, 3.63) is 59.2 Å². The van der Waals surface area contributed by atoms with E-state index >= 15 is 0 Å². The average Bonchev–Trinajstić information content (AvgIpc) is 2.43. The maximum absolute atomic E-state index is 8.87. The highest BCUT2D eigenvalue weighted by atomic mass is 32.1. The predicted molar refractivity (Wildman–Crippen MR) is 86.9 cm³/mol. The first kappa shape index (κ1) is 14.0. The Labute approximate surface area is 124 Å². The SMILES string of the molecule is Cc1ccc(C)c(NC(=S)Nc2cccc(C#N)c2)c1. The van der Waals surface area contributed by atoms with Crippen LogP contribution in [0.1, 0.15) is 16.7 Å². The zero-order valence-corrected chi connectivity index (χ0v) is 12.2. The van der Waals surface area contributed by atoms with E-state index in [4.69, 9.17) is 17.5 Å². The van der Waals surface area contributed by atoms with E-state index in [0.29, 0.717) is 10.7 Å². The second kappa shape index (κ2) is 6.18. The average molecular weight is 281 g/mol. The van der Waals surface area contributed by atoms with Crippen LogP contribution in [0.2, 0.25) is 0 Å². The van der Waals surface area contributed by atoms with Crippen LogP contribution in [0.15, 0.2) is 42.5 Å². The van der Waals surface area contributed by atoms with E-state index in [1.807, 2.05) is 26.0 Å².